The normalized spacial score (nSPS) is 13.2. The molecule has 0 saturated heterocycles. The van der Waals surface area contributed by atoms with Crippen LogP contribution in [0.1, 0.15) is 289 Å². The molecule has 0 amide bonds. The molecular formula is C52H109N2P. The molecule has 0 fully saturated rings. The van der Waals surface area contributed by atoms with Gasteiger partial charge in [0, 0.05) is 35.1 Å². The summed E-state index contributed by atoms with van der Waals surface area (Å²) in [5.41, 5.74) is 2.01. The van der Waals surface area contributed by atoms with E-state index in [0.717, 1.165) is 8.88 Å². The van der Waals surface area contributed by atoms with Gasteiger partial charge in [-0.15, -0.1) is 0 Å². The Labute approximate surface area is 353 Å². The molecule has 0 N–H and O–H groups in total. The summed E-state index contributed by atoms with van der Waals surface area (Å²) in [5.74, 6) is 0. The van der Waals surface area contributed by atoms with Crippen LogP contribution in [0.3, 0.4) is 0 Å². The molecule has 0 saturated carbocycles. The maximum atomic E-state index is 2.93. The van der Waals surface area contributed by atoms with Gasteiger partial charge in [-0.05, 0) is 73.0 Å². The molecule has 0 unspecified atom stereocenters. The first-order chi connectivity index (χ1) is 25.9. The summed E-state index contributed by atoms with van der Waals surface area (Å²) in [5, 5.41) is 0. The molecule has 0 aromatic carbocycles. The van der Waals surface area contributed by atoms with Crippen molar-refractivity contribution < 1.29 is 0 Å². The lowest BCUT2D eigenvalue weighted by Crippen LogP contribution is -2.26. The van der Waals surface area contributed by atoms with Crippen LogP contribution in [0.15, 0.2) is 0 Å². The van der Waals surface area contributed by atoms with E-state index < -0.39 is 0 Å². The SMILES string of the molecule is CC(C)(C)CCCCCCCCCN(CCCCCCCCCC(C)(C)C)PN(CCCCCCCCCC(C)(C)C)CCCCCCCCCC(C)(C)C. The lowest BCUT2D eigenvalue weighted by molar-refractivity contribution is 0.351. The maximum Gasteiger partial charge on any atom is 0.0240 e. The Morgan fingerprint density at radius 1 is 0.218 bits per heavy atom. The minimum absolute atomic E-state index is 0.502. The Hall–Kier alpha value is 0.350. The second-order valence-electron chi connectivity index (χ2n) is 23.2. The Balaban J connectivity index is 4.92. The minimum atomic E-state index is 0.502. The zero-order valence-electron chi connectivity index (χ0n) is 40.9. The van der Waals surface area contributed by atoms with Crippen molar-refractivity contribution in [2.45, 2.75) is 289 Å². The van der Waals surface area contributed by atoms with Crippen molar-refractivity contribution in [2.24, 2.45) is 21.7 Å². The average Bonchev–Trinajstić information content (AvgIpc) is 3.06. The minimum Gasteiger partial charge on any atom is -0.272 e. The zero-order valence-corrected chi connectivity index (χ0v) is 41.9. The third kappa shape index (κ3) is 46.9. The molecule has 0 aromatic rings. The summed E-state index contributed by atoms with van der Waals surface area (Å²) in [6.45, 7) is 34.0. The number of hydrogen-bond donors (Lipinski definition) is 0. The highest BCUT2D eigenvalue weighted by Gasteiger charge is 2.14. The number of nitrogens with zero attached hydrogens (tertiary/aromatic N) is 2. The van der Waals surface area contributed by atoms with Gasteiger partial charge >= 0.3 is 0 Å². The lowest BCUT2D eigenvalue weighted by Gasteiger charge is -2.30. The van der Waals surface area contributed by atoms with E-state index in [2.05, 4.69) is 92.4 Å². The van der Waals surface area contributed by atoms with E-state index in [1.165, 1.54) is 232 Å². The van der Waals surface area contributed by atoms with Gasteiger partial charge in [0.1, 0.15) is 0 Å². The highest BCUT2D eigenvalue weighted by atomic mass is 31.1. The predicted octanol–water partition coefficient (Wildman–Crippen LogP) is 18.8. The van der Waals surface area contributed by atoms with E-state index in [1.807, 2.05) is 0 Å². The first kappa shape index (κ1) is 55.4. The predicted molar refractivity (Wildman–Crippen MR) is 257 cm³/mol. The van der Waals surface area contributed by atoms with Gasteiger partial charge in [-0.3, -0.25) is 9.34 Å². The highest BCUT2D eigenvalue weighted by Crippen LogP contribution is 2.29. The van der Waals surface area contributed by atoms with Crippen LogP contribution in [0.5, 0.6) is 0 Å². The number of rotatable bonds is 38. The molecule has 0 radical (unpaired) electrons. The van der Waals surface area contributed by atoms with Crippen molar-refractivity contribution in [3.8, 4) is 0 Å². The van der Waals surface area contributed by atoms with Crippen molar-refractivity contribution in [1.29, 1.82) is 0 Å². The monoisotopic (exact) mass is 793 g/mol. The smallest absolute Gasteiger partial charge is 0.0240 e. The molecule has 3 heteroatoms. The second-order valence-corrected chi connectivity index (χ2v) is 24.7. The van der Waals surface area contributed by atoms with Crippen LogP contribution in [0.2, 0.25) is 0 Å². The fourth-order valence-corrected chi connectivity index (χ4v) is 9.42. The molecule has 0 spiro atoms. The van der Waals surface area contributed by atoms with Gasteiger partial charge in [0.2, 0.25) is 0 Å². The maximum absolute atomic E-state index is 2.93. The van der Waals surface area contributed by atoms with Crippen molar-refractivity contribution in [3.63, 3.8) is 0 Å². The Kier molecular flexibility index (Phi) is 34.3. The van der Waals surface area contributed by atoms with Gasteiger partial charge in [0.15, 0.2) is 0 Å². The van der Waals surface area contributed by atoms with Gasteiger partial charge < -0.3 is 0 Å². The van der Waals surface area contributed by atoms with E-state index in [1.54, 1.807) is 0 Å². The summed E-state index contributed by atoms with van der Waals surface area (Å²) >= 11 is 0. The van der Waals surface area contributed by atoms with E-state index in [0.29, 0.717) is 21.7 Å². The summed E-state index contributed by atoms with van der Waals surface area (Å²) in [6, 6.07) is 0. The molecule has 0 aliphatic heterocycles. The fraction of sp³-hybridized carbons (Fsp3) is 1.00. The topological polar surface area (TPSA) is 6.48 Å². The van der Waals surface area contributed by atoms with Crippen molar-refractivity contribution in [3.05, 3.63) is 0 Å². The van der Waals surface area contributed by atoms with Gasteiger partial charge in [-0.1, -0.05) is 237 Å². The molecule has 2 nitrogen and oxygen atoms in total. The first-order valence-corrected chi connectivity index (χ1v) is 26.0. The quantitative estimate of drug-likeness (QED) is 0.0454. The number of hydrogen-bond acceptors (Lipinski definition) is 2. The van der Waals surface area contributed by atoms with Crippen LogP contribution in [0.25, 0.3) is 0 Å². The standard InChI is InChI=1S/C52H109N2P/c1-49(2,3)41-33-25-17-13-21-29-37-45-53(46-38-30-22-14-18-26-34-42-50(4,5)6)55-54(47-39-31-23-15-19-27-35-43-51(7,8)9)48-40-32-24-16-20-28-36-44-52(10,11)12/h55H,13-48H2,1-12H3. The second kappa shape index (κ2) is 34.1. The van der Waals surface area contributed by atoms with Crippen molar-refractivity contribution in [2.75, 3.05) is 26.2 Å². The van der Waals surface area contributed by atoms with Gasteiger partial charge in [0.05, 0.1) is 0 Å². The zero-order chi connectivity index (χ0) is 41.3. The van der Waals surface area contributed by atoms with Crippen LogP contribution >= 0.6 is 8.88 Å². The van der Waals surface area contributed by atoms with E-state index in [9.17, 15) is 0 Å². The third-order valence-corrected chi connectivity index (χ3v) is 13.2. The van der Waals surface area contributed by atoms with Crippen LogP contribution in [0.4, 0.5) is 0 Å². The Morgan fingerprint density at radius 3 is 0.527 bits per heavy atom. The Morgan fingerprint density at radius 2 is 0.364 bits per heavy atom. The van der Waals surface area contributed by atoms with Crippen LogP contribution < -0.4 is 0 Å². The summed E-state index contributed by atoms with van der Waals surface area (Å²) in [6.07, 6.45) is 45.6. The Bertz CT molecular complexity index is 664. The van der Waals surface area contributed by atoms with E-state index in [-0.39, 0.29) is 0 Å². The van der Waals surface area contributed by atoms with Crippen LogP contribution in [0, 0.1) is 21.7 Å². The molecule has 0 aromatic heterocycles. The molecule has 0 heterocycles. The summed E-state index contributed by atoms with van der Waals surface area (Å²) < 4.78 is 5.86. The first-order valence-electron chi connectivity index (χ1n) is 25.1. The van der Waals surface area contributed by atoms with Crippen molar-refractivity contribution in [1.82, 2.24) is 9.34 Å². The average molecular weight is 793 g/mol. The molecule has 0 aliphatic rings. The molecular weight excluding hydrogens is 684 g/mol. The molecule has 0 atom stereocenters. The van der Waals surface area contributed by atoms with Gasteiger partial charge in [-0.25, -0.2) is 0 Å². The molecule has 55 heavy (non-hydrogen) atoms. The van der Waals surface area contributed by atoms with Crippen LogP contribution in [-0.2, 0) is 0 Å². The molecule has 0 rings (SSSR count). The van der Waals surface area contributed by atoms with Gasteiger partial charge in [-0.2, -0.15) is 0 Å². The summed E-state index contributed by atoms with van der Waals surface area (Å²) in [4.78, 5) is 0. The molecule has 0 aliphatic carbocycles. The molecule has 0 bridgehead atoms. The van der Waals surface area contributed by atoms with E-state index in [4.69, 9.17) is 0 Å². The fourth-order valence-electron chi connectivity index (χ4n) is 7.99. The number of unbranched alkanes of at least 4 members (excludes halogenated alkanes) is 24. The van der Waals surface area contributed by atoms with Crippen molar-refractivity contribution >= 4 is 8.88 Å². The highest BCUT2D eigenvalue weighted by molar-refractivity contribution is 7.32. The van der Waals surface area contributed by atoms with Gasteiger partial charge in [0.25, 0.3) is 0 Å². The summed E-state index contributed by atoms with van der Waals surface area (Å²) in [7, 11) is 0.907. The lowest BCUT2D eigenvalue weighted by atomic mass is 9.89. The largest absolute Gasteiger partial charge is 0.272 e. The third-order valence-electron chi connectivity index (χ3n) is 11.7. The van der Waals surface area contributed by atoms with E-state index >= 15 is 0 Å². The van der Waals surface area contributed by atoms with Crippen LogP contribution in [-0.4, -0.2) is 35.5 Å². The molecule has 332 valence electrons.